The number of amidine groups is 1. The summed E-state index contributed by atoms with van der Waals surface area (Å²) in [5.41, 5.74) is 5.49. The van der Waals surface area contributed by atoms with Crippen molar-refractivity contribution in [3.63, 3.8) is 0 Å². The van der Waals surface area contributed by atoms with Crippen molar-refractivity contribution in [2.45, 2.75) is 37.9 Å². The zero-order chi connectivity index (χ0) is 29.8. The van der Waals surface area contributed by atoms with Gasteiger partial charge in [-0.3, -0.25) is 19.9 Å². The maximum atomic E-state index is 12.6. The number of H-pyrrole nitrogens is 1. The number of aliphatic hydroxyl groups excluding tert-OH is 1. The highest BCUT2D eigenvalue weighted by Crippen LogP contribution is 2.20. The number of aromatic nitrogens is 2. The molecular formula is C31H38N6O3S. The number of nitrogens with zero attached hydrogens (tertiary/aromatic N) is 3. The van der Waals surface area contributed by atoms with Gasteiger partial charge in [0.15, 0.2) is 0 Å². The lowest BCUT2D eigenvalue weighted by atomic mass is 10.1. The van der Waals surface area contributed by atoms with Crippen molar-refractivity contribution in [1.82, 2.24) is 24.5 Å². The lowest BCUT2D eigenvalue weighted by Gasteiger charge is -2.28. The Morgan fingerprint density at radius 2 is 2.02 bits per heavy atom. The average Bonchev–Trinajstić information content (AvgIpc) is 3.34. The van der Waals surface area contributed by atoms with Crippen molar-refractivity contribution >= 4 is 36.1 Å². The predicted octanol–water partition coefficient (Wildman–Crippen LogP) is 3.99. The number of hydrogen-bond donors (Lipinski definition) is 4. The summed E-state index contributed by atoms with van der Waals surface area (Å²) < 4.78 is 3.16. The normalized spacial score (nSPS) is 11.8. The fraction of sp³-hybridized carbons (Fsp3) is 0.290. The molecule has 216 valence electrons. The van der Waals surface area contributed by atoms with Gasteiger partial charge >= 0.3 is 0 Å². The topological polar surface area (TPSA) is 125 Å². The number of allylic oxidation sites excluding steroid dienone is 2. The molecule has 0 saturated carbocycles. The Kier molecular flexibility index (Phi) is 12.1. The van der Waals surface area contributed by atoms with Crippen LogP contribution in [0.5, 0.6) is 0 Å². The lowest BCUT2D eigenvalue weighted by molar-refractivity contribution is -0.139. The third-order valence-electron chi connectivity index (χ3n) is 6.44. The number of nitrogens with one attached hydrogen (secondary N) is 3. The predicted molar refractivity (Wildman–Crippen MR) is 165 cm³/mol. The molecule has 2 aromatic heterocycles. The number of pyridine rings is 1. The first-order valence-electron chi connectivity index (χ1n) is 13.3. The van der Waals surface area contributed by atoms with Crippen molar-refractivity contribution in [3.8, 4) is 0 Å². The van der Waals surface area contributed by atoms with E-state index in [2.05, 4.69) is 21.3 Å². The van der Waals surface area contributed by atoms with Crippen LogP contribution in [0, 0.1) is 12.3 Å². The second kappa shape index (κ2) is 15.7. The molecule has 0 aliphatic carbocycles. The van der Waals surface area contributed by atoms with Gasteiger partial charge in [-0.25, -0.2) is 0 Å². The number of aryl methyl sites for hydroxylation is 1. The Labute approximate surface area is 246 Å². The molecule has 10 heteroatoms. The Morgan fingerprint density at radius 1 is 1.27 bits per heavy atom. The number of rotatable bonds is 15. The quantitative estimate of drug-likeness (QED) is 0.0711. The number of amides is 1. The van der Waals surface area contributed by atoms with E-state index in [0.29, 0.717) is 18.7 Å². The largest absolute Gasteiger partial charge is 0.387 e. The molecule has 1 atom stereocenters. The second-order valence-corrected chi connectivity index (χ2v) is 10.7. The van der Waals surface area contributed by atoms with Crippen LogP contribution in [0.15, 0.2) is 78.0 Å². The van der Waals surface area contributed by atoms with Crippen molar-refractivity contribution < 1.29 is 14.7 Å². The van der Waals surface area contributed by atoms with E-state index in [1.54, 1.807) is 6.20 Å². The van der Waals surface area contributed by atoms with Crippen LogP contribution in [0.1, 0.15) is 35.0 Å². The maximum Gasteiger partial charge on any atom is 0.249 e. The molecular weight excluding hydrogens is 536 g/mol. The van der Waals surface area contributed by atoms with E-state index in [1.165, 1.54) is 16.8 Å². The van der Waals surface area contributed by atoms with Crippen LogP contribution >= 0.6 is 11.9 Å². The third kappa shape index (κ3) is 9.56. The summed E-state index contributed by atoms with van der Waals surface area (Å²) >= 11 is 1.33. The fourth-order valence-corrected chi connectivity index (χ4v) is 4.84. The highest BCUT2D eigenvalue weighted by Gasteiger charge is 2.23. The molecule has 3 aromatic rings. The molecule has 1 unspecified atom stereocenters. The molecule has 4 N–H and O–H groups in total. The van der Waals surface area contributed by atoms with E-state index in [0.717, 1.165) is 45.1 Å². The number of carbonyl (C=O) groups is 2. The van der Waals surface area contributed by atoms with Crippen LogP contribution in [0.4, 0.5) is 0 Å². The molecule has 0 aliphatic rings. The molecule has 3 rings (SSSR count). The Hall–Kier alpha value is -3.99. The summed E-state index contributed by atoms with van der Waals surface area (Å²) in [5.74, 6) is -0.163. The minimum atomic E-state index is -0.781. The van der Waals surface area contributed by atoms with Crippen molar-refractivity contribution in [2.75, 3.05) is 26.7 Å². The molecule has 0 radical (unpaired) electrons. The van der Waals surface area contributed by atoms with Gasteiger partial charge < -0.3 is 24.7 Å². The van der Waals surface area contributed by atoms with Gasteiger partial charge in [0.1, 0.15) is 24.8 Å². The van der Waals surface area contributed by atoms with E-state index in [1.807, 2.05) is 86.5 Å². The van der Waals surface area contributed by atoms with Crippen LogP contribution in [0.3, 0.4) is 0 Å². The van der Waals surface area contributed by atoms with Crippen LogP contribution < -0.4 is 4.72 Å². The summed E-state index contributed by atoms with van der Waals surface area (Å²) in [6.45, 7) is 8.09. The number of aldehydes is 1. The first-order valence-corrected chi connectivity index (χ1v) is 14.1. The molecule has 0 fully saturated rings. The van der Waals surface area contributed by atoms with Gasteiger partial charge in [0.2, 0.25) is 5.91 Å². The molecule has 1 amide bonds. The van der Waals surface area contributed by atoms with Gasteiger partial charge in [-0.05, 0) is 61.2 Å². The van der Waals surface area contributed by atoms with Gasteiger partial charge in [0, 0.05) is 56.3 Å². The number of hydrogen-bond acceptors (Lipinski definition) is 7. The summed E-state index contributed by atoms with van der Waals surface area (Å²) in [4.78, 5) is 35.5. The van der Waals surface area contributed by atoms with Gasteiger partial charge in [0.25, 0.3) is 0 Å². The molecule has 2 heterocycles. The number of likely N-dealkylation sites (N-methyl/N-ethyl adjacent to an activating group) is 1. The fourth-order valence-electron chi connectivity index (χ4n) is 4.04. The van der Waals surface area contributed by atoms with Crippen LogP contribution in [-0.4, -0.2) is 75.7 Å². The van der Waals surface area contributed by atoms with Crippen molar-refractivity contribution in [2.24, 2.45) is 0 Å². The first kappa shape index (κ1) is 31.5. The zero-order valence-electron chi connectivity index (χ0n) is 23.8. The molecule has 0 saturated heterocycles. The van der Waals surface area contributed by atoms with E-state index in [-0.39, 0.29) is 13.1 Å². The standard InChI is InChI=1S/C31H38N6O3S/c1-22(2)8-13-28-23(3)17-29(35-28)41-34-18-27(20-38)37(30(40)21-39)19-24-9-11-25(12-10-24)31(32)36(4)16-14-26-7-5-6-15-33-26/h5-13,15,17,20,27,32,34-35,39H,1,14,16,18-19,21H2,2-4H3/b13-8-,32-31?. The molecule has 0 bridgehead atoms. The van der Waals surface area contributed by atoms with Crippen molar-refractivity contribution in [1.29, 1.82) is 5.41 Å². The first-order chi connectivity index (χ1) is 19.7. The smallest absolute Gasteiger partial charge is 0.249 e. The zero-order valence-corrected chi connectivity index (χ0v) is 24.6. The lowest BCUT2D eigenvalue weighted by Crippen LogP contribution is -2.46. The summed E-state index contributed by atoms with van der Waals surface area (Å²) in [5, 5.41) is 19.0. The van der Waals surface area contributed by atoms with E-state index in [9.17, 15) is 14.7 Å². The number of carbonyl (C=O) groups excluding carboxylic acids is 2. The van der Waals surface area contributed by atoms with Gasteiger partial charge in [-0.1, -0.05) is 48.6 Å². The number of aliphatic hydroxyl groups is 1. The number of benzene rings is 1. The monoisotopic (exact) mass is 574 g/mol. The van der Waals surface area contributed by atoms with Gasteiger partial charge in [-0.2, -0.15) is 0 Å². The SMILES string of the molecule is C=C(C)/C=C\c1[nH]c(SNCC(C=O)N(Cc2ccc(C(=N)N(C)CCc3ccccn3)cc2)C(=O)CO)cc1C. The highest BCUT2D eigenvalue weighted by atomic mass is 32.2. The maximum absolute atomic E-state index is 12.6. The van der Waals surface area contributed by atoms with E-state index < -0.39 is 18.6 Å². The summed E-state index contributed by atoms with van der Waals surface area (Å²) in [7, 11) is 1.87. The van der Waals surface area contributed by atoms with E-state index >= 15 is 0 Å². The van der Waals surface area contributed by atoms with Crippen molar-refractivity contribution in [3.05, 3.63) is 101 Å². The third-order valence-corrected chi connectivity index (χ3v) is 7.19. The van der Waals surface area contributed by atoms with Crippen LogP contribution in [0.2, 0.25) is 0 Å². The Balaban J connectivity index is 1.59. The molecule has 41 heavy (non-hydrogen) atoms. The minimum absolute atomic E-state index is 0.149. The molecule has 9 nitrogen and oxygen atoms in total. The molecule has 1 aromatic carbocycles. The Bertz CT molecular complexity index is 1350. The summed E-state index contributed by atoms with van der Waals surface area (Å²) in [6, 6.07) is 14.3. The number of aromatic amines is 1. The van der Waals surface area contributed by atoms with Crippen LogP contribution in [0.25, 0.3) is 6.08 Å². The van der Waals surface area contributed by atoms with Gasteiger partial charge in [0.05, 0.1) is 5.03 Å². The van der Waals surface area contributed by atoms with Gasteiger partial charge in [-0.15, -0.1) is 0 Å². The Morgan fingerprint density at radius 3 is 2.66 bits per heavy atom. The summed E-state index contributed by atoms with van der Waals surface area (Å²) in [6.07, 6.45) is 7.09. The van der Waals surface area contributed by atoms with Crippen LogP contribution in [-0.2, 0) is 22.6 Å². The second-order valence-electron chi connectivity index (χ2n) is 9.78. The molecule has 0 aliphatic heterocycles. The minimum Gasteiger partial charge on any atom is -0.387 e. The van der Waals surface area contributed by atoms with E-state index in [4.69, 9.17) is 5.41 Å². The molecule has 0 spiro atoms. The average molecular weight is 575 g/mol. The highest BCUT2D eigenvalue weighted by molar-refractivity contribution is 7.97.